The predicted molar refractivity (Wildman–Crippen MR) is 83.7 cm³/mol. The van der Waals surface area contributed by atoms with Gasteiger partial charge in [-0.15, -0.1) is 0 Å². The lowest BCUT2D eigenvalue weighted by atomic mass is 10.2. The van der Waals surface area contributed by atoms with Gasteiger partial charge < -0.3 is 20.7 Å². The summed E-state index contributed by atoms with van der Waals surface area (Å²) in [5.74, 6) is 0.295. The number of ether oxygens (including phenoxy) is 1. The number of hydrogen-bond donors (Lipinski definition) is 2. The van der Waals surface area contributed by atoms with E-state index in [9.17, 15) is 9.59 Å². The summed E-state index contributed by atoms with van der Waals surface area (Å²) >= 11 is 0. The summed E-state index contributed by atoms with van der Waals surface area (Å²) in [7, 11) is 1.90. The van der Waals surface area contributed by atoms with E-state index in [0.29, 0.717) is 30.4 Å². The van der Waals surface area contributed by atoms with Crippen molar-refractivity contribution in [3.8, 4) is 5.75 Å². The third kappa shape index (κ3) is 4.21. The molecule has 6 nitrogen and oxygen atoms in total. The fourth-order valence-electron chi connectivity index (χ4n) is 2.73. The lowest BCUT2D eigenvalue weighted by molar-refractivity contribution is -0.132. The summed E-state index contributed by atoms with van der Waals surface area (Å²) in [6, 6.07) is 6.90. The second-order valence-electron chi connectivity index (χ2n) is 5.43. The van der Waals surface area contributed by atoms with Crippen LogP contribution in [0.5, 0.6) is 5.75 Å². The van der Waals surface area contributed by atoms with Crippen molar-refractivity contribution in [3.05, 3.63) is 29.8 Å². The quantitative estimate of drug-likeness (QED) is 0.779. The Bertz CT molecular complexity index is 516. The molecule has 1 saturated heterocycles. The molecule has 1 aromatic rings. The van der Waals surface area contributed by atoms with Crippen LogP contribution in [0, 0.1) is 0 Å². The van der Waals surface area contributed by atoms with E-state index in [1.54, 1.807) is 24.3 Å². The van der Waals surface area contributed by atoms with Gasteiger partial charge in [-0.2, -0.15) is 0 Å². The molecule has 1 aliphatic rings. The van der Waals surface area contributed by atoms with Crippen LogP contribution in [0.3, 0.4) is 0 Å². The number of amides is 2. The van der Waals surface area contributed by atoms with Gasteiger partial charge in [-0.1, -0.05) is 0 Å². The second-order valence-corrected chi connectivity index (χ2v) is 5.43. The average Bonchev–Trinajstić information content (AvgIpc) is 2.96. The van der Waals surface area contributed by atoms with Crippen LogP contribution in [-0.2, 0) is 4.79 Å². The molecule has 1 aromatic carbocycles. The Kier molecular flexibility index (Phi) is 5.77. The van der Waals surface area contributed by atoms with Gasteiger partial charge in [-0.05, 0) is 44.2 Å². The SMILES string of the molecule is CNCC1CCCN1C(=O)CCOc1ccc(C(N)=O)cc1. The lowest BCUT2D eigenvalue weighted by Gasteiger charge is -2.24. The van der Waals surface area contributed by atoms with Crippen LogP contribution < -0.4 is 15.8 Å². The van der Waals surface area contributed by atoms with Crippen molar-refractivity contribution in [2.45, 2.75) is 25.3 Å². The Balaban J connectivity index is 1.78. The van der Waals surface area contributed by atoms with Crippen LogP contribution in [0.1, 0.15) is 29.6 Å². The van der Waals surface area contributed by atoms with Crippen molar-refractivity contribution >= 4 is 11.8 Å². The first-order valence-corrected chi connectivity index (χ1v) is 7.58. The molecule has 0 bridgehead atoms. The molecule has 22 heavy (non-hydrogen) atoms. The molecule has 1 fully saturated rings. The summed E-state index contributed by atoms with van der Waals surface area (Å²) in [6.45, 7) is 2.00. The van der Waals surface area contributed by atoms with E-state index in [2.05, 4.69) is 5.32 Å². The number of nitrogens with zero attached hydrogens (tertiary/aromatic N) is 1. The molecule has 6 heteroatoms. The van der Waals surface area contributed by atoms with E-state index in [1.165, 1.54) is 0 Å². The van der Waals surface area contributed by atoms with Crippen molar-refractivity contribution in [1.82, 2.24) is 10.2 Å². The molecule has 1 aliphatic heterocycles. The molecule has 1 atom stereocenters. The maximum absolute atomic E-state index is 12.2. The number of nitrogens with one attached hydrogen (secondary N) is 1. The highest BCUT2D eigenvalue weighted by molar-refractivity contribution is 5.92. The van der Waals surface area contributed by atoms with E-state index in [1.807, 2.05) is 11.9 Å². The molecule has 2 rings (SSSR count). The van der Waals surface area contributed by atoms with Gasteiger partial charge in [0.2, 0.25) is 11.8 Å². The van der Waals surface area contributed by atoms with Gasteiger partial charge in [0.1, 0.15) is 5.75 Å². The highest BCUT2D eigenvalue weighted by Gasteiger charge is 2.27. The maximum atomic E-state index is 12.2. The molecule has 0 spiro atoms. The summed E-state index contributed by atoms with van der Waals surface area (Å²) in [6.07, 6.45) is 2.48. The minimum atomic E-state index is -0.466. The highest BCUT2D eigenvalue weighted by atomic mass is 16.5. The molecular weight excluding hydrogens is 282 g/mol. The normalized spacial score (nSPS) is 17.5. The molecule has 1 heterocycles. The Morgan fingerprint density at radius 3 is 2.73 bits per heavy atom. The first-order chi connectivity index (χ1) is 10.6. The van der Waals surface area contributed by atoms with E-state index >= 15 is 0 Å². The number of carbonyl (C=O) groups is 2. The zero-order valence-electron chi connectivity index (χ0n) is 12.9. The van der Waals surface area contributed by atoms with Gasteiger partial charge in [0, 0.05) is 24.7 Å². The van der Waals surface area contributed by atoms with E-state index in [0.717, 1.165) is 25.9 Å². The van der Waals surface area contributed by atoms with Crippen LogP contribution in [0.4, 0.5) is 0 Å². The van der Waals surface area contributed by atoms with Gasteiger partial charge in [0.15, 0.2) is 0 Å². The van der Waals surface area contributed by atoms with Gasteiger partial charge in [-0.25, -0.2) is 0 Å². The zero-order chi connectivity index (χ0) is 15.9. The van der Waals surface area contributed by atoms with Crippen molar-refractivity contribution < 1.29 is 14.3 Å². The minimum Gasteiger partial charge on any atom is -0.493 e. The fraction of sp³-hybridized carbons (Fsp3) is 0.500. The first-order valence-electron chi connectivity index (χ1n) is 7.58. The van der Waals surface area contributed by atoms with E-state index in [-0.39, 0.29) is 5.91 Å². The Morgan fingerprint density at radius 2 is 2.09 bits per heavy atom. The Hall–Kier alpha value is -2.08. The van der Waals surface area contributed by atoms with Crippen molar-refractivity contribution in [3.63, 3.8) is 0 Å². The summed E-state index contributed by atoms with van der Waals surface area (Å²) in [5, 5.41) is 3.13. The number of hydrogen-bond acceptors (Lipinski definition) is 4. The zero-order valence-corrected chi connectivity index (χ0v) is 12.9. The largest absolute Gasteiger partial charge is 0.493 e. The third-order valence-electron chi connectivity index (χ3n) is 3.86. The molecule has 120 valence electrons. The topological polar surface area (TPSA) is 84.7 Å². The Morgan fingerprint density at radius 1 is 1.36 bits per heavy atom. The van der Waals surface area contributed by atoms with Crippen LogP contribution >= 0.6 is 0 Å². The molecule has 0 saturated carbocycles. The van der Waals surface area contributed by atoms with E-state index in [4.69, 9.17) is 10.5 Å². The van der Waals surface area contributed by atoms with Crippen LogP contribution in [0.25, 0.3) is 0 Å². The highest BCUT2D eigenvalue weighted by Crippen LogP contribution is 2.18. The van der Waals surface area contributed by atoms with Gasteiger partial charge in [0.05, 0.1) is 13.0 Å². The summed E-state index contributed by atoms with van der Waals surface area (Å²) in [4.78, 5) is 25.1. The molecule has 0 aromatic heterocycles. The van der Waals surface area contributed by atoms with E-state index < -0.39 is 5.91 Å². The number of nitrogens with two attached hydrogens (primary N) is 1. The number of carbonyl (C=O) groups excluding carboxylic acids is 2. The summed E-state index contributed by atoms with van der Waals surface area (Å²) in [5.41, 5.74) is 5.62. The smallest absolute Gasteiger partial charge is 0.248 e. The second kappa shape index (κ2) is 7.79. The van der Waals surface area contributed by atoms with Crippen molar-refractivity contribution in [2.24, 2.45) is 5.73 Å². The van der Waals surface area contributed by atoms with Gasteiger partial charge >= 0.3 is 0 Å². The molecule has 1 unspecified atom stereocenters. The number of benzene rings is 1. The van der Waals surface area contributed by atoms with Crippen molar-refractivity contribution in [2.75, 3.05) is 26.7 Å². The average molecular weight is 305 g/mol. The predicted octanol–water partition coefficient (Wildman–Crippen LogP) is 0.765. The first kappa shape index (κ1) is 16.3. The molecule has 3 N–H and O–H groups in total. The number of likely N-dealkylation sites (N-methyl/N-ethyl adjacent to an activating group) is 1. The van der Waals surface area contributed by atoms with Crippen LogP contribution in [-0.4, -0.2) is 49.5 Å². The molecule has 0 radical (unpaired) electrons. The van der Waals surface area contributed by atoms with Crippen LogP contribution in [0.2, 0.25) is 0 Å². The number of rotatable bonds is 7. The van der Waals surface area contributed by atoms with Gasteiger partial charge in [0.25, 0.3) is 0 Å². The number of likely N-dealkylation sites (tertiary alicyclic amines) is 1. The maximum Gasteiger partial charge on any atom is 0.248 e. The molecule has 0 aliphatic carbocycles. The summed E-state index contributed by atoms with van der Waals surface area (Å²) < 4.78 is 5.55. The van der Waals surface area contributed by atoms with Crippen molar-refractivity contribution in [1.29, 1.82) is 0 Å². The standard InChI is InChI=1S/C16H23N3O3/c1-18-11-13-3-2-9-19(13)15(20)8-10-22-14-6-4-12(5-7-14)16(17)21/h4-7,13,18H,2-3,8-11H2,1H3,(H2,17,21). The molecule has 2 amide bonds. The fourth-order valence-corrected chi connectivity index (χ4v) is 2.73. The van der Waals surface area contributed by atoms with Gasteiger partial charge in [-0.3, -0.25) is 9.59 Å². The number of primary amides is 1. The Labute approximate surface area is 130 Å². The molecular formula is C16H23N3O3. The monoisotopic (exact) mass is 305 g/mol. The third-order valence-corrected chi connectivity index (χ3v) is 3.86. The van der Waals surface area contributed by atoms with Crippen LogP contribution in [0.15, 0.2) is 24.3 Å². The minimum absolute atomic E-state index is 0.131. The lowest BCUT2D eigenvalue weighted by Crippen LogP contribution is -2.41.